The van der Waals surface area contributed by atoms with E-state index in [9.17, 15) is 4.79 Å². The zero-order valence-corrected chi connectivity index (χ0v) is 31.4. The third kappa shape index (κ3) is 13.0. The minimum Gasteiger partial charge on any atom is -0.494 e. The maximum Gasteiger partial charge on any atom is 0.350 e. The van der Waals surface area contributed by atoms with Gasteiger partial charge in [0.15, 0.2) is 0 Å². The van der Waals surface area contributed by atoms with Gasteiger partial charge in [0.1, 0.15) is 5.75 Å². The Morgan fingerprint density at radius 2 is 1.22 bits per heavy atom. The fourth-order valence-electron chi connectivity index (χ4n) is 7.13. The molecule has 5 aliphatic heterocycles. The van der Waals surface area contributed by atoms with Crippen molar-refractivity contribution in [2.24, 2.45) is 0 Å². The first kappa shape index (κ1) is 38.7. The van der Waals surface area contributed by atoms with Crippen LogP contribution in [0.15, 0.2) is 36.4 Å². The Morgan fingerprint density at radius 3 is 1.89 bits per heavy atom. The third-order valence-electron chi connectivity index (χ3n) is 9.59. The van der Waals surface area contributed by atoms with Crippen LogP contribution in [-0.2, 0) is 13.6 Å². The Kier molecular flexibility index (Phi) is 16.7. The smallest absolute Gasteiger partial charge is 0.350 e. The number of hydrogen-bond donors (Lipinski definition) is 0. The molecule has 0 aliphatic carbocycles. The van der Waals surface area contributed by atoms with Crippen LogP contribution < -0.4 is 4.74 Å². The molecule has 0 amide bonds. The van der Waals surface area contributed by atoms with E-state index in [-0.39, 0.29) is 28.3 Å². The Labute approximate surface area is 283 Å². The van der Waals surface area contributed by atoms with Gasteiger partial charge in [-0.25, -0.2) is 4.79 Å². The number of benzene rings is 1. The second-order valence-corrected chi connectivity index (χ2v) is 20.4. The zero-order valence-electron chi connectivity index (χ0n) is 30.4. The fourth-order valence-corrected chi connectivity index (χ4v) is 12.2. The van der Waals surface area contributed by atoms with Crippen LogP contribution in [0.4, 0.5) is 0 Å². The van der Waals surface area contributed by atoms with Crippen molar-refractivity contribution in [1.82, 2.24) is 0 Å². The average Bonchev–Trinajstić information content (AvgIpc) is 2.98. The fraction of sp³-hybridized carbons (Fsp3) is 0.750. The van der Waals surface area contributed by atoms with E-state index in [4.69, 9.17) is 18.3 Å². The summed E-state index contributed by atoms with van der Waals surface area (Å²) in [6, 6.07) is 7.37. The molecule has 5 nitrogen and oxygen atoms in total. The van der Waals surface area contributed by atoms with Crippen molar-refractivity contribution in [2.75, 3.05) is 13.2 Å². The van der Waals surface area contributed by atoms with Gasteiger partial charge in [0.2, 0.25) is 0 Å². The molecular weight excluding hydrogens is 589 g/mol. The lowest BCUT2D eigenvalue weighted by Crippen LogP contribution is -2.60. The van der Waals surface area contributed by atoms with Crippen LogP contribution in [-0.4, -0.2) is 40.0 Å². The van der Waals surface area contributed by atoms with Crippen molar-refractivity contribution in [3.8, 4) is 5.75 Å². The van der Waals surface area contributed by atoms with Crippen molar-refractivity contribution < 1.29 is 23.1 Å². The molecule has 0 spiro atoms. The lowest BCUT2D eigenvalue weighted by Gasteiger charge is -2.52. The van der Waals surface area contributed by atoms with Crippen molar-refractivity contribution in [1.29, 1.82) is 0 Å². The lowest BCUT2D eigenvalue weighted by atomic mass is 10.0. The van der Waals surface area contributed by atoms with Gasteiger partial charge in [-0.05, 0) is 62.8 Å². The molecule has 5 heterocycles. The van der Waals surface area contributed by atoms with Gasteiger partial charge < -0.3 is 18.3 Å². The number of carbonyl (C=O) groups is 1. The normalized spacial score (nSPS) is 25.5. The largest absolute Gasteiger partial charge is 0.494 e. The first-order valence-corrected chi connectivity index (χ1v) is 20.6. The first-order valence-electron chi connectivity index (χ1n) is 18.8. The van der Waals surface area contributed by atoms with Crippen molar-refractivity contribution in [3.63, 3.8) is 0 Å². The summed E-state index contributed by atoms with van der Waals surface area (Å²) in [5.41, 5.74) is 0.588. The average molecular weight is 656 g/mol. The molecule has 0 N–H and O–H groups in total. The van der Waals surface area contributed by atoms with E-state index in [0.29, 0.717) is 18.8 Å². The molecular formula is C40H67O5Si+. The number of carbonyl (C=O) groups excluding carboxylic acids is 1. The minimum absolute atomic E-state index is 0.0202. The second-order valence-electron chi connectivity index (χ2n) is 15.7. The molecule has 1 aromatic rings. The molecule has 0 aromatic heterocycles. The van der Waals surface area contributed by atoms with Crippen LogP contribution in [0, 0.1) is 6.42 Å². The van der Waals surface area contributed by atoms with Gasteiger partial charge in [-0.1, -0.05) is 111 Å². The van der Waals surface area contributed by atoms with Crippen molar-refractivity contribution in [3.05, 3.63) is 48.4 Å². The summed E-state index contributed by atoms with van der Waals surface area (Å²) in [5, 5.41) is -0.0404. The predicted octanol–water partition coefficient (Wildman–Crippen LogP) is 11.8. The van der Waals surface area contributed by atoms with Crippen LogP contribution in [0.3, 0.4) is 0 Å². The van der Waals surface area contributed by atoms with E-state index in [0.717, 1.165) is 50.7 Å². The van der Waals surface area contributed by atoms with Crippen LogP contribution in [0.5, 0.6) is 5.75 Å². The van der Waals surface area contributed by atoms with Crippen LogP contribution in [0.1, 0.15) is 167 Å². The Bertz CT molecular complexity index is 992. The number of esters is 1. The van der Waals surface area contributed by atoms with Gasteiger partial charge in [-0.3, -0.25) is 0 Å². The standard InChI is InChI=1S/C40H67O5Si/c1-39(2,3)46(40(4,5)6)44-36-24-19-15-11-7-9-13-17-21-32-42-35-30-28-34(29-31-35)38(41)43-33-22-18-14-10-8-12-16-20-25-37(45-46)27-23-26-36/h14,23,26,28-31,36-37H,7-13,15-22,24-25,27,32-33H2,1-6H3/q+1/b26-23+/t36-,37+/m0/s1. The third-order valence-corrected chi connectivity index (χ3v) is 14.8. The van der Waals surface area contributed by atoms with E-state index in [1.165, 1.54) is 70.6 Å². The topological polar surface area (TPSA) is 54.0 Å². The van der Waals surface area contributed by atoms with Crippen LogP contribution in [0.25, 0.3) is 0 Å². The Morgan fingerprint density at radius 1 is 0.652 bits per heavy atom. The monoisotopic (exact) mass is 655 g/mol. The number of rotatable bonds is 0. The summed E-state index contributed by atoms with van der Waals surface area (Å²) in [6.45, 7) is 15.3. The second kappa shape index (κ2) is 19.9. The Balaban J connectivity index is 1.56. The highest BCUT2D eigenvalue weighted by Gasteiger charge is 2.60. The van der Waals surface area contributed by atoms with Crippen molar-refractivity contribution in [2.45, 2.75) is 179 Å². The summed E-state index contributed by atoms with van der Waals surface area (Å²) in [4.78, 5) is 12.4. The highest BCUT2D eigenvalue weighted by atomic mass is 28.4. The zero-order chi connectivity index (χ0) is 33.3. The van der Waals surface area contributed by atoms with E-state index < -0.39 is 8.56 Å². The van der Waals surface area contributed by atoms with Gasteiger partial charge in [0.05, 0.1) is 50.2 Å². The summed E-state index contributed by atoms with van der Waals surface area (Å²) in [5.74, 6) is 0.564. The highest BCUT2D eigenvalue weighted by Crippen LogP contribution is 2.54. The molecule has 260 valence electrons. The van der Waals surface area contributed by atoms with Gasteiger partial charge in [-0.15, -0.1) is 0 Å². The van der Waals surface area contributed by atoms with Gasteiger partial charge in [0.25, 0.3) is 0 Å². The van der Waals surface area contributed by atoms with Gasteiger partial charge in [0, 0.05) is 16.5 Å². The van der Waals surface area contributed by atoms with Gasteiger partial charge in [-0.2, -0.15) is 0 Å². The summed E-state index contributed by atoms with van der Waals surface area (Å²) in [7, 11) is -2.61. The quantitative estimate of drug-likeness (QED) is 0.120. The molecule has 1 aromatic carbocycles. The predicted molar refractivity (Wildman–Crippen MR) is 194 cm³/mol. The van der Waals surface area contributed by atoms with Crippen molar-refractivity contribution >= 4 is 14.5 Å². The molecule has 6 heteroatoms. The van der Waals surface area contributed by atoms with E-state index >= 15 is 0 Å². The molecule has 0 unspecified atom stereocenters. The molecule has 4 bridgehead atoms. The number of hydrogen-bond acceptors (Lipinski definition) is 5. The maximum absolute atomic E-state index is 12.4. The van der Waals surface area contributed by atoms with E-state index in [1.54, 1.807) is 0 Å². The highest BCUT2D eigenvalue weighted by molar-refractivity contribution is 6.73. The van der Waals surface area contributed by atoms with Crippen LogP contribution in [0.2, 0.25) is 10.1 Å². The van der Waals surface area contributed by atoms with Crippen LogP contribution >= 0.6 is 0 Å². The summed E-state index contributed by atoms with van der Waals surface area (Å²) < 4.78 is 25.9. The maximum atomic E-state index is 12.4. The minimum atomic E-state index is -2.61. The summed E-state index contributed by atoms with van der Waals surface area (Å²) >= 11 is 0. The Hall–Kier alpha value is -1.76. The molecule has 46 heavy (non-hydrogen) atoms. The molecule has 0 saturated carbocycles. The van der Waals surface area contributed by atoms with Gasteiger partial charge >= 0.3 is 14.5 Å². The molecule has 0 saturated heterocycles. The number of ether oxygens (including phenoxy) is 2. The molecule has 6 rings (SSSR count). The van der Waals surface area contributed by atoms with E-state index in [2.05, 4.69) is 60.1 Å². The molecule has 5 aliphatic rings. The first-order chi connectivity index (χ1) is 22.0. The molecule has 0 radical (unpaired) electrons. The molecule has 0 fully saturated rings. The SMILES string of the molecule is CC(C)(C)[Si]1(C(C)(C)C)O[C@H]2C/C=C/[C@H](CCCCCCCCCCOc3ccc(cc3)C(=O)OCCC[CH+]CCCCCC2)O1. The summed E-state index contributed by atoms with van der Waals surface area (Å²) in [6.07, 6.45) is 28.4. The molecule has 2 atom stereocenters. The van der Waals surface area contributed by atoms with E-state index in [1.807, 2.05) is 24.3 Å². The lowest BCUT2D eigenvalue weighted by molar-refractivity contribution is 0.0489.